The van der Waals surface area contributed by atoms with Gasteiger partial charge in [0.25, 0.3) is 0 Å². The predicted molar refractivity (Wildman–Crippen MR) is 245 cm³/mol. The number of ketones is 1. The van der Waals surface area contributed by atoms with Crippen molar-refractivity contribution in [3.05, 3.63) is 34.4 Å². The molecule has 8 aliphatic carbocycles. The molecule has 368 valence electrons. The van der Waals surface area contributed by atoms with Gasteiger partial charge in [-0.05, 0) is 138 Å². The van der Waals surface area contributed by atoms with E-state index in [4.69, 9.17) is 28.9 Å². The molecule has 0 radical (unpaired) electrons. The molecule has 0 bridgehead atoms. The third-order valence-electron chi connectivity index (χ3n) is 24.2. The van der Waals surface area contributed by atoms with Crippen LogP contribution >= 0.6 is 0 Å². The van der Waals surface area contributed by atoms with Gasteiger partial charge >= 0.3 is 0 Å². The molecular formula is C55H78N2O10. The molecule has 67 heavy (non-hydrogen) atoms. The lowest BCUT2D eigenvalue weighted by Gasteiger charge is -2.62. The Kier molecular flexibility index (Phi) is 8.87. The number of Topliss-reactive ketones (excluding diaryl/α,β-unsaturated/α-hetero) is 1. The zero-order chi connectivity index (χ0) is 47.4. The molecule has 0 unspecified atom stereocenters. The number of ether oxygens (including phenoxy) is 4. The van der Waals surface area contributed by atoms with Crippen molar-refractivity contribution in [2.24, 2.45) is 80.8 Å². The summed E-state index contributed by atoms with van der Waals surface area (Å²) in [7, 11) is 0. The topological polar surface area (TPSA) is 181 Å². The zero-order valence-corrected chi connectivity index (χ0v) is 41.7. The lowest BCUT2D eigenvalue weighted by molar-refractivity contribution is -0.289. The summed E-state index contributed by atoms with van der Waals surface area (Å²) in [6.45, 7) is 21.3. The monoisotopic (exact) mass is 927 g/mol. The molecule has 0 aromatic carbocycles. The number of fused-ring (bicyclic) bond motifs is 14. The average molecular weight is 927 g/mol. The van der Waals surface area contributed by atoms with Crippen LogP contribution in [0.3, 0.4) is 0 Å². The van der Waals surface area contributed by atoms with Crippen molar-refractivity contribution in [2.75, 3.05) is 6.61 Å². The zero-order valence-electron chi connectivity index (χ0n) is 41.7. The third-order valence-corrected chi connectivity index (χ3v) is 24.2. The molecule has 12 nitrogen and oxygen atoms in total. The van der Waals surface area contributed by atoms with Gasteiger partial charge in [-0.3, -0.25) is 14.8 Å². The quantitative estimate of drug-likeness (QED) is 0.193. The van der Waals surface area contributed by atoms with Crippen LogP contribution in [0, 0.1) is 80.8 Å². The van der Waals surface area contributed by atoms with Crippen molar-refractivity contribution >= 4 is 5.78 Å². The van der Waals surface area contributed by atoms with E-state index in [2.05, 4.69) is 41.5 Å². The first-order valence-corrected chi connectivity index (χ1v) is 26.6. The van der Waals surface area contributed by atoms with Crippen molar-refractivity contribution < 1.29 is 49.3 Å². The Labute approximate surface area is 396 Å². The van der Waals surface area contributed by atoms with E-state index < -0.39 is 63.4 Å². The summed E-state index contributed by atoms with van der Waals surface area (Å²) < 4.78 is 26.7. The average Bonchev–Trinajstić information content (AvgIpc) is 3.97. The number of nitrogens with zero attached hydrogens (tertiary/aromatic N) is 2. The van der Waals surface area contributed by atoms with E-state index in [0.717, 1.165) is 66.9 Å². The molecular weight excluding hydrogens is 849 g/mol. The van der Waals surface area contributed by atoms with Crippen LogP contribution in [0.2, 0.25) is 0 Å². The van der Waals surface area contributed by atoms with E-state index in [1.165, 1.54) is 0 Å². The molecule has 5 heterocycles. The number of aromatic nitrogens is 2. The Hall–Kier alpha value is -1.87. The molecule has 4 saturated heterocycles. The first kappa shape index (κ1) is 45.0. The number of aliphatic hydroxyl groups excluding tert-OH is 2. The Morgan fingerprint density at radius 2 is 1.40 bits per heavy atom. The van der Waals surface area contributed by atoms with Gasteiger partial charge in [-0.1, -0.05) is 53.2 Å². The van der Waals surface area contributed by atoms with Crippen LogP contribution in [0.1, 0.15) is 150 Å². The van der Waals surface area contributed by atoms with Gasteiger partial charge in [-0.25, -0.2) is 0 Å². The summed E-state index contributed by atoms with van der Waals surface area (Å²) in [6, 6.07) is 0. The van der Waals surface area contributed by atoms with E-state index in [9.17, 15) is 30.3 Å². The smallest absolute Gasteiger partial charge is 0.174 e. The van der Waals surface area contributed by atoms with Gasteiger partial charge in [0.05, 0.1) is 69.9 Å². The minimum Gasteiger partial charge on any atom is -0.392 e. The first-order valence-electron chi connectivity index (χ1n) is 26.6. The number of hydrogen-bond donors (Lipinski definition) is 5. The van der Waals surface area contributed by atoms with Crippen molar-refractivity contribution in [3.8, 4) is 0 Å². The van der Waals surface area contributed by atoms with Gasteiger partial charge in [0, 0.05) is 48.3 Å². The number of hydrogen-bond acceptors (Lipinski definition) is 12. The Bertz CT molecular complexity index is 2370. The van der Waals surface area contributed by atoms with Gasteiger partial charge < -0.3 is 44.5 Å². The number of carbonyl (C=O) groups excluding carboxylic acids is 1. The summed E-state index contributed by atoms with van der Waals surface area (Å²) in [5.41, 5.74) is -1.06. The summed E-state index contributed by atoms with van der Waals surface area (Å²) >= 11 is 0. The SMILES string of the molecule is C[C@@H]1C[C@@]2(O[C@@H]3C[C@@]4(C(=O)C[C@H]5[C@@H]4CC[C@@H]4Cc6nc7c(nc6C[C@]45C)C[C@@H]4C[C@@H](O)[C@@H]5C6=C[C@@H]8O[C@@]9(CC[C@](C)(O)CO9)[C@H](C)[C@]8(O)[C@]6(C)[C@@H](O)C[C@H]5[C@@]4(C)C7)[C@](C)(O)[C@H]3[C@@H]2C)OC1(C)C. The molecule has 4 aliphatic heterocycles. The van der Waals surface area contributed by atoms with Crippen molar-refractivity contribution in [1.82, 2.24) is 9.97 Å². The largest absolute Gasteiger partial charge is 0.392 e. The molecule has 0 amide bonds. The molecule has 5 saturated carbocycles. The van der Waals surface area contributed by atoms with Crippen LogP contribution in [0.4, 0.5) is 0 Å². The number of rotatable bonds is 0. The highest BCUT2D eigenvalue weighted by Crippen LogP contribution is 2.74. The molecule has 12 aliphatic rings. The normalized spacial score (nSPS) is 59.6. The van der Waals surface area contributed by atoms with Crippen molar-refractivity contribution in [3.63, 3.8) is 0 Å². The van der Waals surface area contributed by atoms with Crippen LogP contribution in [-0.2, 0) is 49.4 Å². The molecule has 12 heteroatoms. The van der Waals surface area contributed by atoms with Crippen LogP contribution in [0.15, 0.2) is 11.6 Å². The summed E-state index contributed by atoms with van der Waals surface area (Å²) in [5.74, 6) is -1.46. The maximum atomic E-state index is 14.8. The van der Waals surface area contributed by atoms with Crippen molar-refractivity contribution in [2.45, 2.75) is 211 Å². The van der Waals surface area contributed by atoms with Crippen molar-refractivity contribution in [1.29, 1.82) is 0 Å². The summed E-state index contributed by atoms with van der Waals surface area (Å²) in [5, 5.41) is 61.4. The molecule has 23 atom stereocenters. The van der Waals surface area contributed by atoms with Crippen LogP contribution in [0.5, 0.6) is 0 Å². The van der Waals surface area contributed by atoms with Gasteiger partial charge in [0.1, 0.15) is 17.5 Å². The molecule has 3 spiro atoms. The standard InChI is InChI=1S/C55H78N2O10/c1-26-21-54(67-46(26,4)5)27(2)45-40(65-54)24-52(51(45,10)62)31-12-11-29-15-35-37(22-48(29,7)32(31)18-42(52)60)57-36-16-30-17-39(58)44-33(49(30,8)23-38(36)56-35)19-41(59)50(9)34(44)20-43-55(50,63)28(3)53(66-43)14-13-47(6,61)25-64-53/h20,26-33,39-41,43-45,58-59,61-63H,11-19,21-25H2,1-10H3/t26-,27+,28+,29-,30-,31+,32+,33-,39-,40-,41+,43+,44+,45+,47+,48-,49+,50+,51-,52-,53+,54-,55-/m1/s1. The van der Waals surface area contributed by atoms with Crippen LogP contribution in [-0.4, -0.2) is 106 Å². The Balaban J connectivity index is 0.771. The van der Waals surface area contributed by atoms with Crippen LogP contribution < -0.4 is 0 Å². The lowest BCUT2D eigenvalue weighted by Crippen LogP contribution is -2.66. The second-order valence-corrected chi connectivity index (χ2v) is 27.2. The maximum Gasteiger partial charge on any atom is 0.174 e. The van der Waals surface area contributed by atoms with E-state index in [1.54, 1.807) is 6.92 Å². The lowest BCUT2D eigenvalue weighted by atomic mass is 9.44. The minimum atomic E-state index is -1.44. The van der Waals surface area contributed by atoms with E-state index in [-0.39, 0.29) is 76.4 Å². The summed E-state index contributed by atoms with van der Waals surface area (Å²) in [4.78, 5) is 25.9. The highest BCUT2D eigenvalue weighted by Gasteiger charge is 2.80. The fourth-order valence-electron chi connectivity index (χ4n) is 19.9. The van der Waals surface area contributed by atoms with E-state index >= 15 is 0 Å². The molecule has 1 aromatic rings. The highest BCUT2D eigenvalue weighted by molar-refractivity contribution is 5.90. The second-order valence-electron chi connectivity index (χ2n) is 27.2. The van der Waals surface area contributed by atoms with Crippen LogP contribution in [0.25, 0.3) is 0 Å². The first-order chi connectivity index (χ1) is 31.2. The number of aliphatic hydroxyl groups is 5. The molecule has 9 fully saturated rings. The Morgan fingerprint density at radius 3 is 2.03 bits per heavy atom. The molecule has 1 aromatic heterocycles. The highest BCUT2D eigenvalue weighted by atomic mass is 16.7. The predicted octanol–water partition coefficient (Wildman–Crippen LogP) is 5.97. The fourth-order valence-corrected chi connectivity index (χ4v) is 19.9. The van der Waals surface area contributed by atoms with E-state index in [0.29, 0.717) is 56.8 Å². The molecule has 5 N–H and O–H groups in total. The van der Waals surface area contributed by atoms with Gasteiger partial charge in [0.15, 0.2) is 11.6 Å². The maximum absolute atomic E-state index is 14.8. The van der Waals surface area contributed by atoms with E-state index in [1.807, 2.05) is 26.8 Å². The van der Waals surface area contributed by atoms with Gasteiger partial charge in [-0.2, -0.15) is 0 Å². The fraction of sp³-hybridized carbons (Fsp3) is 0.873. The van der Waals surface area contributed by atoms with Gasteiger partial charge in [0.2, 0.25) is 0 Å². The summed E-state index contributed by atoms with van der Waals surface area (Å²) in [6.07, 6.45) is 8.39. The molecule has 13 rings (SSSR count). The number of carbonyl (C=O) groups is 1. The van der Waals surface area contributed by atoms with Gasteiger partial charge in [-0.15, -0.1) is 0 Å². The Morgan fingerprint density at radius 1 is 0.731 bits per heavy atom. The third kappa shape index (κ3) is 5.16. The second kappa shape index (κ2) is 13.2. The minimum absolute atomic E-state index is 0.0319.